The number of hydrogen-bond acceptors (Lipinski definition) is 6. The molecule has 0 bridgehead atoms. The quantitative estimate of drug-likeness (QED) is 0.481. The summed E-state index contributed by atoms with van der Waals surface area (Å²) in [6.45, 7) is 2.03. The summed E-state index contributed by atoms with van der Waals surface area (Å²) < 4.78 is 0.882. The number of thiophene rings is 1. The van der Waals surface area contributed by atoms with Crippen molar-refractivity contribution in [3.63, 3.8) is 0 Å². The fourth-order valence-corrected chi connectivity index (χ4v) is 4.69. The Bertz CT molecular complexity index is 1170. The van der Waals surface area contributed by atoms with Gasteiger partial charge in [-0.05, 0) is 62.6 Å². The van der Waals surface area contributed by atoms with Crippen LogP contribution in [0, 0.1) is 0 Å². The Kier molecular flexibility index (Phi) is 4.65. The van der Waals surface area contributed by atoms with Crippen molar-refractivity contribution in [1.82, 2.24) is 25.2 Å². The zero-order valence-electron chi connectivity index (χ0n) is 16.1. The van der Waals surface area contributed by atoms with Gasteiger partial charge >= 0.3 is 0 Å². The summed E-state index contributed by atoms with van der Waals surface area (Å²) in [5.74, 6) is 0.686. The molecule has 1 aliphatic heterocycles. The molecular formula is C21H22N6OS. The number of aromatic amines is 1. The van der Waals surface area contributed by atoms with E-state index in [1.807, 2.05) is 30.5 Å². The van der Waals surface area contributed by atoms with Crippen LogP contribution >= 0.6 is 11.3 Å². The number of rotatable bonds is 4. The maximum Gasteiger partial charge on any atom is 0.261 e. The Morgan fingerprint density at radius 3 is 2.93 bits per heavy atom. The van der Waals surface area contributed by atoms with Crippen LogP contribution in [0.1, 0.15) is 22.5 Å². The molecule has 5 rings (SSSR count). The second kappa shape index (κ2) is 7.46. The molecule has 1 aliphatic rings. The highest BCUT2D eigenvalue weighted by Crippen LogP contribution is 2.31. The first-order valence-corrected chi connectivity index (χ1v) is 10.6. The van der Waals surface area contributed by atoms with Gasteiger partial charge in [-0.2, -0.15) is 0 Å². The highest BCUT2D eigenvalue weighted by molar-refractivity contribution is 7.21. The van der Waals surface area contributed by atoms with Crippen molar-refractivity contribution >= 4 is 49.9 Å². The lowest BCUT2D eigenvalue weighted by Crippen LogP contribution is -2.43. The molecule has 0 radical (unpaired) electrons. The predicted molar refractivity (Wildman–Crippen MR) is 117 cm³/mol. The van der Waals surface area contributed by atoms with E-state index in [2.05, 4.69) is 43.6 Å². The van der Waals surface area contributed by atoms with Crippen molar-refractivity contribution < 1.29 is 4.79 Å². The molecule has 148 valence electrons. The largest absolute Gasteiger partial charge is 0.361 e. The van der Waals surface area contributed by atoms with Crippen LogP contribution in [0.4, 0.5) is 11.5 Å². The van der Waals surface area contributed by atoms with E-state index in [0.29, 0.717) is 10.7 Å². The van der Waals surface area contributed by atoms with Crippen LogP contribution in [0.25, 0.3) is 21.1 Å². The van der Waals surface area contributed by atoms with Crippen molar-refractivity contribution in [2.24, 2.45) is 0 Å². The van der Waals surface area contributed by atoms with Gasteiger partial charge in [-0.1, -0.05) is 6.07 Å². The molecule has 4 aromatic rings. The van der Waals surface area contributed by atoms with Crippen LogP contribution in [0.2, 0.25) is 0 Å². The number of amides is 1. The highest BCUT2D eigenvalue weighted by atomic mass is 32.1. The van der Waals surface area contributed by atoms with E-state index in [4.69, 9.17) is 0 Å². The molecular weight excluding hydrogens is 384 g/mol. The second-order valence-corrected chi connectivity index (χ2v) is 8.56. The van der Waals surface area contributed by atoms with Gasteiger partial charge in [0.15, 0.2) is 5.82 Å². The molecule has 0 aliphatic carbocycles. The van der Waals surface area contributed by atoms with E-state index in [9.17, 15) is 4.79 Å². The number of carbonyl (C=O) groups is 1. The third kappa shape index (κ3) is 3.68. The molecule has 3 aromatic heterocycles. The van der Waals surface area contributed by atoms with Gasteiger partial charge in [-0.3, -0.25) is 4.79 Å². The number of likely N-dealkylation sites (tertiary alicyclic amines) is 1. The molecule has 8 heteroatoms. The zero-order valence-corrected chi connectivity index (χ0v) is 16.9. The minimum atomic E-state index is -0.0266. The number of aromatic nitrogens is 3. The third-order valence-electron chi connectivity index (χ3n) is 5.41. The average molecular weight is 407 g/mol. The number of piperidine rings is 1. The lowest BCUT2D eigenvalue weighted by atomic mass is 10.1. The van der Waals surface area contributed by atoms with Crippen molar-refractivity contribution in [3.05, 3.63) is 47.7 Å². The molecule has 1 amide bonds. The normalized spacial score (nSPS) is 15.8. The predicted octanol–water partition coefficient (Wildman–Crippen LogP) is 3.74. The SMILES string of the molecule is CN1CCC(NC(=O)c2cc3ncnc(Nc4ccc5cc[nH]c5c4)c3s2)CC1. The van der Waals surface area contributed by atoms with Crippen LogP contribution < -0.4 is 10.6 Å². The van der Waals surface area contributed by atoms with Crippen molar-refractivity contribution in [2.45, 2.75) is 18.9 Å². The highest BCUT2D eigenvalue weighted by Gasteiger charge is 2.21. The minimum absolute atomic E-state index is 0.0266. The first-order chi connectivity index (χ1) is 14.2. The number of anilines is 2. The average Bonchev–Trinajstić information content (AvgIpc) is 3.36. The molecule has 0 atom stereocenters. The van der Waals surface area contributed by atoms with Crippen molar-refractivity contribution in [1.29, 1.82) is 0 Å². The second-order valence-electron chi connectivity index (χ2n) is 7.50. The first-order valence-electron chi connectivity index (χ1n) is 9.74. The molecule has 0 unspecified atom stereocenters. The molecule has 29 heavy (non-hydrogen) atoms. The number of carbonyl (C=O) groups excluding carboxylic acids is 1. The first kappa shape index (κ1) is 18.1. The van der Waals surface area contributed by atoms with Crippen LogP contribution in [0.5, 0.6) is 0 Å². The Labute approximate surface area is 172 Å². The topological polar surface area (TPSA) is 85.9 Å². The number of fused-ring (bicyclic) bond motifs is 2. The number of nitrogens with zero attached hydrogens (tertiary/aromatic N) is 3. The van der Waals surface area contributed by atoms with Crippen molar-refractivity contribution in [2.75, 3.05) is 25.5 Å². The van der Waals surface area contributed by atoms with Gasteiger partial charge in [0, 0.05) is 23.4 Å². The molecule has 1 saturated heterocycles. The third-order valence-corrected chi connectivity index (χ3v) is 6.54. The monoisotopic (exact) mass is 406 g/mol. The van der Waals surface area contributed by atoms with Crippen LogP contribution in [0.3, 0.4) is 0 Å². The summed E-state index contributed by atoms with van der Waals surface area (Å²) in [5.41, 5.74) is 2.78. The number of nitrogens with one attached hydrogen (secondary N) is 3. The lowest BCUT2D eigenvalue weighted by molar-refractivity contribution is 0.0921. The maximum atomic E-state index is 12.8. The summed E-state index contributed by atoms with van der Waals surface area (Å²) in [6, 6.07) is 10.2. The molecule has 0 spiro atoms. The van der Waals surface area contributed by atoms with Gasteiger partial charge < -0.3 is 20.5 Å². The lowest BCUT2D eigenvalue weighted by Gasteiger charge is -2.29. The van der Waals surface area contributed by atoms with Crippen LogP contribution in [-0.4, -0.2) is 51.9 Å². The zero-order chi connectivity index (χ0) is 19.8. The Morgan fingerprint density at radius 2 is 2.07 bits per heavy atom. The van der Waals surface area contributed by atoms with E-state index < -0.39 is 0 Å². The minimum Gasteiger partial charge on any atom is -0.361 e. The summed E-state index contributed by atoms with van der Waals surface area (Å²) in [5, 5.41) is 7.70. The molecule has 3 N–H and O–H groups in total. The maximum absolute atomic E-state index is 12.8. The Morgan fingerprint density at radius 1 is 1.21 bits per heavy atom. The van der Waals surface area contributed by atoms with Gasteiger partial charge in [-0.15, -0.1) is 11.3 Å². The molecule has 0 saturated carbocycles. The molecule has 1 fully saturated rings. The van der Waals surface area contributed by atoms with Gasteiger partial charge in [0.05, 0.1) is 15.1 Å². The number of hydrogen-bond donors (Lipinski definition) is 3. The summed E-state index contributed by atoms with van der Waals surface area (Å²) in [7, 11) is 2.12. The molecule has 7 nitrogen and oxygen atoms in total. The number of H-pyrrole nitrogens is 1. The fourth-order valence-electron chi connectivity index (χ4n) is 3.73. The van der Waals surface area contributed by atoms with Gasteiger partial charge in [-0.25, -0.2) is 9.97 Å². The van der Waals surface area contributed by atoms with E-state index in [0.717, 1.165) is 52.7 Å². The smallest absolute Gasteiger partial charge is 0.261 e. The summed E-state index contributed by atoms with van der Waals surface area (Å²) in [6.07, 6.45) is 5.43. The van der Waals surface area contributed by atoms with E-state index in [1.165, 1.54) is 17.7 Å². The van der Waals surface area contributed by atoms with E-state index >= 15 is 0 Å². The number of benzene rings is 1. The van der Waals surface area contributed by atoms with Gasteiger partial charge in [0.1, 0.15) is 6.33 Å². The molecule has 4 heterocycles. The van der Waals surface area contributed by atoms with Crippen LogP contribution in [-0.2, 0) is 0 Å². The Hall–Kier alpha value is -2.97. The fraction of sp³-hybridized carbons (Fsp3) is 0.286. The Balaban J connectivity index is 1.38. The van der Waals surface area contributed by atoms with Gasteiger partial charge in [0.25, 0.3) is 5.91 Å². The molecule has 1 aromatic carbocycles. The standard InChI is InChI=1S/C21H22N6OS/c1-27-8-5-14(6-9-27)26-21(28)18-11-17-19(29-18)20(24-12-23-17)25-15-3-2-13-4-7-22-16(13)10-15/h2-4,7,10-12,14,22H,5-6,8-9H2,1H3,(H,26,28)(H,23,24,25). The summed E-state index contributed by atoms with van der Waals surface area (Å²) in [4.78, 5) is 27.7. The van der Waals surface area contributed by atoms with E-state index in [-0.39, 0.29) is 11.9 Å². The van der Waals surface area contributed by atoms with E-state index in [1.54, 1.807) is 0 Å². The van der Waals surface area contributed by atoms with Crippen LogP contribution in [0.15, 0.2) is 42.9 Å². The summed E-state index contributed by atoms with van der Waals surface area (Å²) >= 11 is 1.43. The van der Waals surface area contributed by atoms with Crippen molar-refractivity contribution in [3.8, 4) is 0 Å². The van der Waals surface area contributed by atoms with Gasteiger partial charge in [0.2, 0.25) is 0 Å².